The molecule has 0 saturated carbocycles. The molecule has 0 radical (unpaired) electrons. The van der Waals surface area contributed by atoms with E-state index in [0.717, 1.165) is 30.8 Å². The normalized spacial score (nSPS) is 15.4. The average molecular weight is 285 g/mol. The number of carbonyl (C=O) groups is 1. The number of amides is 1. The lowest BCUT2D eigenvalue weighted by molar-refractivity contribution is -0.121. The van der Waals surface area contributed by atoms with Crippen molar-refractivity contribution in [2.45, 2.75) is 25.8 Å². The number of benzene rings is 1. The highest BCUT2D eigenvalue weighted by Crippen LogP contribution is 2.31. The lowest BCUT2D eigenvalue weighted by Crippen LogP contribution is -2.39. The Bertz CT molecular complexity index is 637. The highest BCUT2D eigenvalue weighted by atomic mass is 16.5. The van der Waals surface area contributed by atoms with Crippen LogP contribution in [0.15, 0.2) is 36.7 Å². The Balaban J connectivity index is 1.89. The summed E-state index contributed by atoms with van der Waals surface area (Å²) in [6.45, 7) is 2.64. The van der Waals surface area contributed by atoms with Crippen molar-refractivity contribution in [2.75, 3.05) is 18.6 Å². The largest absolute Gasteiger partial charge is 0.497 e. The first-order valence-electron chi connectivity index (χ1n) is 7.18. The van der Waals surface area contributed by atoms with E-state index in [0.29, 0.717) is 0 Å². The van der Waals surface area contributed by atoms with Gasteiger partial charge in [0.15, 0.2) is 0 Å². The van der Waals surface area contributed by atoms with Crippen LogP contribution in [0.2, 0.25) is 0 Å². The summed E-state index contributed by atoms with van der Waals surface area (Å²) in [7, 11) is 1.66. The van der Waals surface area contributed by atoms with Crippen LogP contribution in [0.3, 0.4) is 0 Å². The fourth-order valence-electron chi connectivity index (χ4n) is 2.78. The van der Waals surface area contributed by atoms with E-state index in [9.17, 15) is 4.79 Å². The van der Waals surface area contributed by atoms with Crippen molar-refractivity contribution in [3.63, 3.8) is 0 Å². The fraction of sp³-hybridized carbons (Fsp3) is 0.375. The van der Waals surface area contributed by atoms with Crippen molar-refractivity contribution in [2.24, 2.45) is 0 Å². The predicted molar refractivity (Wildman–Crippen MR) is 80.6 cm³/mol. The molecule has 21 heavy (non-hydrogen) atoms. The molecule has 2 aromatic rings. The van der Waals surface area contributed by atoms with Gasteiger partial charge in [0.05, 0.1) is 7.11 Å². The second kappa shape index (κ2) is 5.60. The Kier molecular flexibility index (Phi) is 3.64. The summed E-state index contributed by atoms with van der Waals surface area (Å²) in [6, 6.07) is 7.43. The highest BCUT2D eigenvalue weighted by molar-refractivity contribution is 5.97. The molecule has 0 saturated heterocycles. The van der Waals surface area contributed by atoms with Gasteiger partial charge in [-0.3, -0.25) is 9.48 Å². The second-order valence-electron chi connectivity index (χ2n) is 5.25. The fourth-order valence-corrected chi connectivity index (χ4v) is 2.78. The Hall–Kier alpha value is -2.30. The van der Waals surface area contributed by atoms with E-state index < -0.39 is 0 Å². The number of fused-ring (bicyclic) bond motifs is 1. The number of hydrogen-bond acceptors (Lipinski definition) is 3. The van der Waals surface area contributed by atoms with E-state index in [1.54, 1.807) is 18.0 Å². The van der Waals surface area contributed by atoms with Gasteiger partial charge in [0.1, 0.15) is 11.8 Å². The average Bonchev–Trinajstić information content (AvgIpc) is 3.06. The minimum atomic E-state index is -0.298. The van der Waals surface area contributed by atoms with Crippen LogP contribution >= 0.6 is 0 Å². The summed E-state index contributed by atoms with van der Waals surface area (Å²) in [4.78, 5) is 14.6. The summed E-state index contributed by atoms with van der Waals surface area (Å²) >= 11 is 0. The van der Waals surface area contributed by atoms with E-state index >= 15 is 0 Å². The van der Waals surface area contributed by atoms with Crippen molar-refractivity contribution >= 4 is 11.6 Å². The first kappa shape index (κ1) is 13.7. The standard InChI is InChI=1S/C16H19N3O2/c1-12(19-10-4-8-17-19)16(20)18-9-3-5-13-11-14(21-2)6-7-15(13)18/h4,6-8,10-12H,3,5,9H2,1-2H3. The quantitative estimate of drug-likeness (QED) is 0.870. The molecule has 1 unspecified atom stereocenters. The van der Waals surface area contributed by atoms with Gasteiger partial charge < -0.3 is 9.64 Å². The molecular formula is C16H19N3O2. The van der Waals surface area contributed by atoms with Crippen LogP contribution in [-0.4, -0.2) is 29.3 Å². The topological polar surface area (TPSA) is 47.4 Å². The first-order valence-corrected chi connectivity index (χ1v) is 7.18. The molecule has 1 aromatic carbocycles. The van der Waals surface area contributed by atoms with Gasteiger partial charge in [-0.2, -0.15) is 5.10 Å². The van der Waals surface area contributed by atoms with Crippen molar-refractivity contribution in [1.29, 1.82) is 0 Å². The van der Waals surface area contributed by atoms with Crippen LogP contribution in [0.25, 0.3) is 0 Å². The smallest absolute Gasteiger partial charge is 0.251 e. The third kappa shape index (κ3) is 2.51. The number of ether oxygens (including phenoxy) is 1. The molecule has 1 aliphatic heterocycles. The number of rotatable bonds is 3. The summed E-state index contributed by atoms with van der Waals surface area (Å²) in [5.41, 5.74) is 2.16. The Morgan fingerprint density at radius 3 is 3.00 bits per heavy atom. The van der Waals surface area contributed by atoms with Gasteiger partial charge in [0.25, 0.3) is 5.91 Å². The lowest BCUT2D eigenvalue weighted by Gasteiger charge is -2.31. The van der Waals surface area contributed by atoms with Crippen molar-refractivity contribution in [3.05, 3.63) is 42.2 Å². The molecule has 3 rings (SSSR count). The predicted octanol–water partition coefficient (Wildman–Crippen LogP) is 2.43. The molecule has 0 bridgehead atoms. The third-order valence-electron chi connectivity index (χ3n) is 3.95. The van der Waals surface area contributed by atoms with Crippen molar-refractivity contribution in [1.82, 2.24) is 9.78 Å². The molecule has 0 spiro atoms. The molecule has 5 nitrogen and oxygen atoms in total. The molecule has 110 valence electrons. The summed E-state index contributed by atoms with van der Waals surface area (Å²) < 4.78 is 6.96. The molecular weight excluding hydrogens is 266 g/mol. The second-order valence-corrected chi connectivity index (χ2v) is 5.25. The number of carbonyl (C=O) groups excluding carboxylic acids is 1. The van der Waals surface area contributed by atoms with Crippen LogP contribution < -0.4 is 9.64 Å². The first-order chi connectivity index (χ1) is 10.2. The molecule has 1 aliphatic rings. The molecule has 1 aromatic heterocycles. The van der Waals surface area contributed by atoms with Crippen LogP contribution in [0.1, 0.15) is 24.9 Å². The van der Waals surface area contributed by atoms with Gasteiger partial charge in [-0.25, -0.2) is 0 Å². The van der Waals surface area contributed by atoms with Gasteiger partial charge in [0, 0.05) is 24.6 Å². The van der Waals surface area contributed by atoms with E-state index in [4.69, 9.17) is 4.74 Å². The Morgan fingerprint density at radius 2 is 2.29 bits per heavy atom. The summed E-state index contributed by atoms with van der Waals surface area (Å²) in [6.07, 6.45) is 5.46. The number of aryl methyl sites for hydroxylation is 1. The maximum atomic E-state index is 12.7. The molecule has 0 aliphatic carbocycles. The van der Waals surface area contributed by atoms with Gasteiger partial charge >= 0.3 is 0 Å². The van der Waals surface area contributed by atoms with Crippen LogP contribution in [0.4, 0.5) is 5.69 Å². The third-order valence-corrected chi connectivity index (χ3v) is 3.95. The molecule has 5 heteroatoms. The molecule has 0 N–H and O–H groups in total. The molecule has 1 atom stereocenters. The zero-order chi connectivity index (χ0) is 14.8. The zero-order valence-corrected chi connectivity index (χ0v) is 12.3. The summed E-state index contributed by atoms with van der Waals surface area (Å²) in [5, 5.41) is 4.16. The monoisotopic (exact) mass is 285 g/mol. The van der Waals surface area contributed by atoms with Gasteiger partial charge in [-0.15, -0.1) is 0 Å². The van der Waals surface area contributed by atoms with Gasteiger partial charge in [-0.05, 0) is 49.6 Å². The maximum Gasteiger partial charge on any atom is 0.251 e. The Labute approximate surface area is 124 Å². The number of hydrogen-bond donors (Lipinski definition) is 0. The minimum absolute atomic E-state index is 0.0739. The van der Waals surface area contributed by atoms with Crippen molar-refractivity contribution in [3.8, 4) is 5.75 Å². The van der Waals surface area contributed by atoms with Crippen LogP contribution in [0, 0.1) is 0 Å². The summed E-state index contributed by atoms with van der Waals surface area (Å²) in [5.74, 6) is 0.910. The zero-order valence-electron chi connectivity index (χ0n) is 12.3. The van der Waals surface area contributed by atoms with E-state index in [1.807, 2.05) is 42.3 Å². The number of methoxy groups -OCH3 is 1. The van der Waals surface area contributed by atoms with E-state index in [-0.39, 0.29) is 11.9 Å². The molecule has 2 heterocycles. The van der Waals surface area contributed by atoms with Gasteiger partial charge in [0.2, 0.25) is 0 Å². The number of anilines is 1. The number of nitrogens with zero attached hydrogens (tertiary/aromatic N) is 3. The minimum Gasteiger partial charge on any atom is -0.497 e. The van der Waals surface area contributed by atoms with Crippen LogP contribution in [0.5, 0.6) is 5.75 Å². The van der Waals surface area contributed by atoms with E-state index in [2.05, 4.69) is 5.10 Å². The highest BCUT2D eigenvalue weighted by Gasteiger charge is 2.27. The maximum absolute atomic E-state index is 12.7. The molecule has 1 amide bonds. The lowest BCUT2D eigenvalue weighted by atomic mass is 10.0. The van der Waals surface area contributed by atoms with E-state index in [1.165, 1.54) is 5.56 Å². The molecule has 0 fully saturated rings. The van der Waals surface area contributed by atoms with Gasteiger partial charge in [-0.1, -0.05) is 0 Å². The number of aromatic nitrogens is 2. The Morgan fingerprint density at radius 1 is 1.43 bits per heavy atom. The SMILES string of the molecule is COc1ccc2c(c1)CCCN2C(=O)C(C)n1cccn1. The van der Waals surface area contributed by atoms with Crippen molar-refractivity contribution < 1.29 is 9.53 Å². The van der Waals surface area contributed by atoms with Crippen LogP contribution in [-0.2, 0) is 11.2 Å².